The van der Waals surface area contributed by atoms with Gasteiger partial charge in [-0.3, -0.25) is 5.10 Å². The molecule has 1 heterocycles. The van der Waals surface area contributed by atoms with Crippen LogP contribution in [0.2, 0.25) is 0 Å². The lowest BCUT2D eigenvalue weighted by molar-refractivity contribution is 0.0684. The van der Waals surface area contributed by atoms with Crippen molar-refractivity contribution < 1.29 is 27.8 Å². The second-order valence-electron chi connectivity index (χ2n) is 3.94. The van der Waals surface area contributed by atoms with Crippen LogP contribution >= 0.6 is 0 Å². The molecule has 0 spiro atoms. The van der Waals surface area contributed by atoms with Crippen molar-refractivity contribution in [3.63, 3.8) is 0 Å². The van der Waals surface area contributed by atoms with Crippen molar-refractivity contribution in [3.8, 4) is 11.5 Å². The molecule has 0 aliphatic carbocycles. The molecular formula is C11H12N4O6S. The number of hydrogen-bond donors (Lipinski definition) is 3. The normalized spacial score (nSPS) is 11.0. The number of anilines is 1. The summed E-state index contributed by atoms with van der Waals surface area (Å²) in [6.45, 7) is 0. The van der Waals surface area contributed by atoms with Crippen LogP contribution in [0.4, 0.5) is 5.95 Å². The third-order valence-electron chi connectivity index (χ3n) is 2.58. The van der Waals surface area contributed by atoms with Crippen LogP contribution < -0.4 is 14.2 Å². The van der Waals surface area contributed by atoms with Crippen molar-refractivity contribution >= 4 is 21.9 Å². The zero-order valence-electron chi connectivity index (χ0n) is 11.5. The molecule has 0 fully saturated rings. The molecule has 11 heteroatoms. The van der Waals surface area contributed by atoms with Crippen LogP contribution in [0.15, 0.2) is 23.1 Å². The largest absolute Gasteiger partial charge is 0.493 e. The standard InChI is InChI=1S/C11H12N4O6S/c1-20-7-4-3-6(5-8(7)21-2)22(18,19)15-11-12-9(10(16)17)13-14-11/h3-5H,1-2H3,(H,16,17)(H2,12,13,14,15). The summed E-state index contributed by atoms with van der Waals surface area (Å²) in [7, 11) is -1.21. The minimum Gasteiger partial charge on any atom is -0.493 e. The van der Waals surface area contributed by atoms with Crippen LogP contribution in [-0.4, -0.2) is 48.9 Å². The number of carboxylic acid groups (broad SMARTS) is 1. The van der Waals surface area contributed by atoms with Crippen LogP contribution in [0.1, 0.15) is 10.6 Å². The van der Waals surface area contributed by atoms with Crippen molar-refractivity contribution in [3.05, 3.63) is 24.0 Å². The number of aromatic amines is 1. The van der Waals surface area contributed by atoms with Crippen molar-refractivity contribution in [1.82, 2.24) is 15.2 Å². The van der Waals surface area contributed by atoms with Crippen molar-refractivity contribution in [1.29, 1.82) is 0 Å². The molecule has 0 saturated carbocycles. The lowest BCUT2D eigenvalue weighted by atomic mass is 10.3. The molecule has 118 valence electrons. The van der Waals surface area contributed by atoms with Crippen LogP contribution in [0.5, 0.6) is 11.5 Å². The molecule has 0 unspecified atom stereocenters. The monoisotopic (exact) mass is 328 g/mol. The first-order valence-electron chi connectivity index (χ1n) is 5.78. The SMILES string of the molecule is COc1ccc(S(=O)(=O)Nc2n[nH]c(C(=O)O)n2)cc1OC. The number of nitrogens with zero attached hydrogens (tertiary/aromatic N) is 2. The average Bonchev–Trinajstić information content (AvgIpc) is 2.94. The lowest BCUT2D eigenvalue weighted by Crippen LogP contribution is -2.14. The molecule has 2 rings (SSSR count). The molecule has 1 aromatic carbocycles. The Labute approximate surface area is 125 Å². The molecule has 0 saturated heterocycles. The number of ether oxygens (including phenoxy) is 2. The molecule has 0 aliphatic rings. The summed E-state index contributed by atoms with van der Waals surface area (Å²) in [6, 6.07) is 3.98. The number of aromatic nitrogens is 3. The van der Waals surface area contributed by atoms with E-state index in [1.165, 1.54) is 32.4 Å². The number of nitrogens with one attached hydrogen (secondary N) is 2. The molecule has 0 amide bonds. The number of carbonyl (C=O) groups is 1. The zero-order chi connectivity index (χ0) is 16.3. The molecular weight excluding hydrogens is 316 g/mol. The first kappa shape index (κ1) is 15.6. The fourth-order valence-electron chi connectivity index (χ4n) is 1.57. The highest BCUT2D eigenvalue weighted by molar-refractivity contribution is 7.92. The Kier molecular flexibility index (Phi) is 4.17. The lowest BCUT2D eigenvalue weighted by Gasteiger charge is -2.10. The topological polar surface area (TPSA) is 144 Å². The maximum atomic E-state index is 12.2. The van der Waals surface area contributed by atoms with E-state index in [9.17, 15) is 13.2 Å². The van der Waals surface area contributed by atoms with E-state index in [1.807, 2.05) is 0 Å². The van der Waals surface area contributed by atoms with Gasteiger partial charge in [0.1, 0.15) is 0 Å². The van der Waals surface area contributed by atoms with Gasteiger partial charge in [0.2, 0.25) is 5.82 Å². The van der Waals surface area contributed by atoms with Crippen molar-refractivity contribution in [2.45, 2.75) is 4.90 Å². The Hall–Kier alpha value is -2.82. The van der Waals surface area contributed by atoms with E-state index in [0.717, 1.165) is 0 Å². The maximum Gasteiger partial charge on any atom is 0.373 e. The highest BCUT2D eigenvalue weighted by Crippen LogP contribution is 2.29. The van der Waals surface area contributed by atoms with Gasteiger partial charge in [-0.1, -0.05) is 0 Å². The van der Waals surface area contributed by atoms with Gasteiger partial charge in [-0.05, 0) is 12.1 Å². The zero-order valence-corrected chi connectivity index (χ0v) is 12.3. The number of H-pyrrole nitrogens is 1. The van der Waals surface area contributed by atoms with E-state index in [4.69, 9.17) is 14.6 Å². The van der Waals surface area contributed by atoms with Crippen LogP contribution in [-0.2, 0) is 10.0 Å². The number of methoxy groups -OCH3 is 2. The Morgan fingerprint density at radius 2 is 1.95 bits per heavy atom. The fourth-order valence-corrected chi connectivity index (χ4v) is 2.52. The number of benzene rings is 1. The summed E-state index contributed by atoms with van der Waals surface area (Å²) >= 11 is 0. The number of sulfonamides is 1. The summed E-state index contributed by atoms with van der Waals surface area (Å²) in [5, 5.41) is 14.2. The second kappa shape index (κ2) is 5.89. The van der Waals surface area contributed by atoms with E-state index in [0.29, 0.717) is 5.75 Å². The van der Waals surface area contributed by atoms with Gasteiger partial charge in [0.05, 0.1) is 19.1 Å². The first-order chi connectivity index (χ1) is 10.4. The van der Waals surface area contributed by atoms with Gasteiger partial charge in [-0.2, -0.15) is 4.98 Å². The number of rotatable bonds is 6. The molecule has 0 atom stereocenters. The Morgan fingerprint density at radius 1 is 1.27 bits per heavy atom. The van der Waals surface area contributed by atoms with Crippen LogP contribution in [0, 0.1) is 0 Å². The number of hydrogen-bond acceptors (Lipinski definition) is 7. The van der Waals surface area contributed by atoms with E-state index >= 15 is 0 Å². The highest BCUT2D eigenvalue weighted by Gasteiger charge is 2.20. The molecule has 2 aromatic rings. The van der Waals surface area contributed by atoms with Gasteiger partial charge in [0.15, 0.2) is 11.5 Å². The smallest absolute Gasteiger partial charge is 0.373 e. The third-order valence-corrected chi connectivity index (χ3v) is 3.90. The van der Waals surface area contributed by atoms with Gasteiger partial charge >= 0.3 is 5.97 Å². The van der Waals surface area contributed by atoms with E-state index in [2.05, 4.69) is 19.9 Å². The molecule has 0 bridgehead atoms. The molecule has 22 heavy (non-hydrogen) atoms. The van der Waals surface area contributed by atoms with Gasteiger partial charge in [-0.25, -0.2) is 17.9 Å². The Balaban J connectivity index is 2.31. The van der Waals surface area contributed by atoms with Gasteiger partial charge < -0.3 is 14.6 Å². The number of carboxylic acids is 1. The van der Waals surface area contributed by atoms with Crippen LogP contribution in [0.3, 0.4) is 0 Å². The van der Waals surface area contributed by atoms with Crippen molar-refractivity contribution in [2.24, 2.45) is 0 Å². The third kappa shape index (κ3) is 3.09. The molecule has 10 nitrogen and oxygen atoms in total. The van der Waals surface area contributed by atoms with E-state index < -0.39 is 21.8 Å². The van der Waals surface area contributed by atoms with Gasteiger partial charge in [0, 0.05) is 6.07 Å². The van der Waals surface area contributed by atoms with E-state index in [1.54, 1.807) is 0 Å². The summed E-state index contributed by atoms with van der Waals surface area (Å²) in [6.07, 6.45) is 0. The van der Waals surface area contributed by atoms with Gasteiger partial charge in [0.25, 0.3) is 16.0 Å². The van der Waals surface area contributed by atoms with E-state index in [-0.39, 0.29) is 16.6 Å². The predicted molar refractivity (Wildman–Crippen MR) is 73.7 cm³/mol. The average molecular weight is 328 g/mol. The predicted octanol–water partition coefficient (Wildman–Crippen LogP) is 0.321. The van der Waals surface area contributed by atoms with Gasteiger partial charge in [-0.15, -0.1) is 5.10 Å². The summed E-state index contributed by atoms with van der Waals surface area (Å²) < 4.78 is 36.5. The molecule has 3 N–H and O–H groups in total. The maximum absolute atomic E-state index is 12.2. The minimum atomic E-state index is -4.01. The van der Waals surface area contributed by atoms with Crippen LogP contribution in [0.25, 0.3) is 0 Å². The summed E-state index contributed by atoms with van der Waals surface area (Å²) in [5.74, 6) is -1.62. The summed E-state index contributed by atoms with van der Waals surface area (Å²) in [4.78, 5) is 14.0. The first-order valence-corrected chi connectivity index (χ1v) is 7.26. The second-order valence-corrected chi connectivity index (χ2v) is 5.62. The quantitative estimate of drug-likeness (QED) is 0.688. The fraction of sp³-hybridized carbons (Fsp3) is 0.182. The molecule has 1 aromatic heterocycles. The highest BCUT2D eigenvalue weighted by atomic mass is 32.2. The summed E-state index contributed by atoms with van der Waals surface area (Å²) in [5.41, 5.74) is 0. The minimum absolute atomic E-state index is 0.119. The molecule has 0 aliphatic heterocycles. The number of aromatic carboxylic acids is 1. The Bertz CT molecular complexity index is 801. The van der Waals surface area contributed by atoms with Crippen molar-refractivity contribution in [2.75, 3.05) is 18.9 Å². The Morgan fingerprint density at radius 3 is 2.50 bits per heavy atom. The molecule has 0 radical (unpaired) electrons.